The molecule has 1 aromatic heterocycles. The number of hydrogen-bond acceptors (Lipinski definition) is 2. The first-order valence-corrected chi connectivity index (χ1v) is 5.43. The van der Waals surface area contributed by atoms with E-state index in [0.29, 0.717) is 22.4 Å². The van der Waals surface area contributed by atoms with Crippen LogP contribution < -0.4 is 5.56 Å². The molecule has 0 spiro atoms. The molecule has 1 aromatic carbocycles. The Bertz CT molecular complexity index is 711. The molecule has 3 nitrogen and oxygen atoms in total. The third-order valence-corrected chi connectivity index (χ3v) is 2.75. The first-order valence-electron chi connectivity index (χ1n) is 5.43. The van der Waals surface area contributed by atoms with Crippen molar-refractivity contribution in [3.05, 3.63) is 57.3 Å². The second-order valence-corrected chi connectivity index (χ2v) is 4.15. The molecule has 0 saturated heterocycles. The van der Waals surface area contributed by atoms with Crippen molar-refractivity contribution in [1.82, 2.24) is 4.98 Å². The van der Waals surface area contributed by atoms with Crippen LogP contribution in [0, 0.1) is 31.0 Å². The smallest absolute Gasteiger partial charge is 0.266 e. The summed E-state index contributed by atoms with van der Waals surface area (Å²) >= 11 is 0. The molecule has 2 aromatic rings. The number of rotatable bonds is 1. The summed E-state index contributed by atoms with van der Waals surface area (Å²) in [7, 11) is 0. The van der Waals surface area contributed by atoms with Crippen LogP contribution in [0.25, 0.3) is 11.1 Å². The summed E-state index contributed by atoms with van der Waals surface area (Å²) in [5, 5.41) is 9.03. The molecule has 0 radical (unpaired) electrons. The van der Waals surface area contributed by atoms with E-state index in [-0.39, 0.29) is 11.4 Å². The predicted molar refractivity (Wildman–Crippen MR) is 66.6 cm³/mol. The maximum absolute atomic E-state index is 13.2. The van der Waals surface area contributed by atoms with Gasteiger partial charge in [0, 0.05) is 11.3 Å². The minimum Gasteiger partial charge on any atom is -0.325 e. The molecule has 0 bridgehead atoms. The highest BCUT2D eigenvalue weighted by atomic mass is 19.1. The van der Waals surface area contributed by atoms with E-state index >= 15 is 0 Å². The first kappa shape index (κ1) is 12.1. The first-order chi connectivity index (χ1) is 8.52. The third-order valence-electron chi connectivity index (χ3n) is 2.75. The SMILES string of the molecule is Cc1cc(-c2ccc(F)c(C)c2)c(C#N)c(=O)[nH]1. The van der Waals surface area contributed by atoms with Crippen LogP contribution in [0.5, 0.6) is 0 Å². The highest BCUT2D eigenvalue weighted by molar-refractivity contribution is 5.70. The van der Waals surface area contributed by atoms with E-state index < -0.39 is 5.56 Å². The predicted octanol–water partition coefficient (Wildman–Crippen LogP) is 2.67. The van der Waals surface area contributed by atoms with Crippen LogP contribution in [-0.2, 0) is 0 Å². The molecule has 0 saturated carbocycles. The Morgan fingerprint density at radius 2 is 2.00 bits per heavy atom. The molecule has 0 atom stereocenters. The quantitative estimate of drug-likeness (QED) is 0.835. The molecule has 1 heterocycles. The number of H-pyrrole nitrogens is 1. The highest BCUT2D eigenvalue weighted by Gasteiger charge is 2.11. The zero-order valence-corrected chi connectivity index (χ0v) is 10.0. The Balaban J connectivity index is 2.75. The maximum Gasteiger partial charge on any atom is 0.266 e. The summed E-state index contributed by atoms with van der Waals surface area (Å²) in [5.41, 5.74) is 1.97. The van der Waals surface area contributed by atoms with Gasteiger partial charge < -0.3 is 4.98 Å². The van der Waals surface area contributed by atoms with Gasteiger partial charge in [0.25, 0.3) is 5.56 Å². The Labute approximate surface area is 104 Å². The standard InChI is InChI=1S/C14H11FN2O/c1-8-5-10(3-4-13(8)15)11-6-9(2)17-14(18)12(11)7-16/h3-6H,1-2H3,(H,17,18). The number of hydrogen-bond donors (Lipinski definition) is 1. The largest absolute Gasteiger partial charge is 0.325 e. The number of benzene rings is 1. The van der Waals surface area contributed by atoms with Gasteiger partial charge in [0.15, 0.2) is 0 Å². The number of halogens is 1. The van der Waals surface area contributed by atoms with Crippen LogP contribution >= 0.6 is 0 Å². The Morgan fingerprint density at radius 1 is 1.28 bits per heavy atom. The van der Waals surface area contributed by atoms with Crippen molar-refractivity contribution in [2.45, 2.75) is 13.8 Å². The van der Waals surface area contributed by atoms with E-state index in [0.717, 1.165) is 0 Å². The van der Waals surface area contributed by atoms with Crippen LogP contribution in [0.1, 0.15) is 16.8 Å². The van der Waals surface area contributed by atoms with Gasteiger partial charge in [0.2, 0.25) is 0 Å². The third kappa shape index (κ3) is 2.03. The molecule has 0 aliphatic rings. The van der Waals surface area contributed by atoms with E-state index in [1.165, 1.54) is 6.07 Å². The van der Waals surface area contributed by atoms with Gasteiger partial charge in [0.1, 0.15) is 17.4 Å². The van der Waals surface area contributed by atoms with Gasteiger partial charge in [-0.25, -0.2) is 4.39 Å². The number of nitriles is 1. The van der Waals surface area contributed by atoms with Crippen molar-refractivity contribution in [2.75, 3.05) is 0 Å². The van der Waals surface area contributed by atoms with E-state index in [1.54, 1.807) is 32.0 Å². The van der Waals surface area contributed by atoms with Crippen LogP contribution in [-0.4, -0.2) is 4.98 Å². The summed E-state index contributed by atoms with van der Waals surface area (Å²) < 4.78 is 13.2. The normalized spacial score (nSPS) is 10.1. The van der Waals surface area contributed by atoms with Gasteiger partial charge in [-0.05, 0) is 43.2 Å². The number of pyridine rings is 1. The van der Waals surface area contributed by atoms with Gasteiger partial charge in [-0.1, -0.05) is 6.07 Å². The molecule has 2 rings (SSSR count). The number of nitrogens with zero attached hydrogens (tertiary/aromatic N) is 1. The molecule has 0 aliphatic carbocycles. The second kappa shape index (κ2) is 4.46. The van der Waals surface area contributed by atoms with Crippen LogP contribution in [0.2, 0.25) is 0 Å². The number of aryl methyl sites for hydroxylation is 2. The van der Waals surface area contributed by atoms with Gasteiger partial charge >= 0.3 is 0 Å². The minimum atomic E-state index is -0.422. The molecule has 0 fully saturated rings. The highest BCUT2D eigenvalue weighted by Crippen LogP contribution is 2.23. The summed E-state index contributed by atoms with van der Waals surface area (Å²) in [6.07, 6.45) is 0. The average Bonchev–Trinajstić information content (AvgIpc) is 2.32. The lowest BCUT2D eigenvalue weighted by molar-refractivity contribution is 0.619. The lowest BCUT2D eigenvalue weighted by atomic mass is 9.99. The molecule has 0 amide bonds. The lowest BCUT2D eigenvalue weighted by Crippen LogP contribution is -2.12. The van der Waals surface area contributed by atoms with Crippen LogP contribution in [0.4, 0.5) is 4.39 Å². The molecule has 18 heavy (non-hydrogen) atoms. The Hall–Kier alpha value is -2.41. The average molecular weight is 242 g/mol. The monoisotopic (exact) mass is 242 g/mol. The molecule has 0 aliphatic heterocycles. The second-order valence-electron chi connectivity index (χ2n) is 4.15. The van der Waals surface area contributed by atoms with Crippen molar-refractivity contribution >= 4 is 0 Å². The van der Waals surface area contributed by atoms with Crippen molar-refractivity contribution < 1.29 is 4.39 Å². The van der Waals surface area contributed by atoms with Crippen LogP contribution in [0.15, 0.2) is 29.1 Å². The van der Waals surface area contributed by atoms with E-state index in [4.69, 9.17) is 5.26 Å². The Morgan fingerprint density at radius 3 is 2.61 bits per heavy atom. The molecular formula is C14H11FN2O. The summed E-state index contributed by atoms with van der Waals surface area (Å²) in [4.78, 5) is 14.2. The molecule has 1 N–H and O–H groups in total. The Kier molecular flexibility index (Phi) is 2.99. The summed E-state index contributed by atoms with van der Waals surface area (Å²) in [6, 6.07) is 8.13. The molecular weight excluding hydrogens is 231 g/mol. The van der Waals surface area contributed by atoms with Crippen molar-refractivity contribution in [1.29, 1.82) is 5.26 Å². The van der Waals surface area contributed by atoms with Gasteiger partial charge in [0.05, 0.1) is 0 Å². The number of nitrogens with one attached hydrogen (secondary N) is 1. The molecule has 0 unspecified atom stereocenters. The molecule has 4 heteroatoms. The number of aromatic nitrogens is 1. The van der Waals surface area contributed by atoms with E-state index in [2.05, 4.69) is 4.98 Å². The fourth-order valence-corrected chi connectivity index (χ4v) is 1.84. The topological polar surface area (TPSA) is 56.6 Å². The number of aromatic amines is 1. The van der Waals surface area contributed by atoms with Crippen molar-refractivity contribution in [2.24, 2.45) is 0 Å². The van der Waals surface area contributed by atoms with Crippen LogP contribution in [0.3, 0.4) is 0 Å². The van der Waals surface area contributed by atoms with Gasteiger partial charge in [-0.15, -0.1) is 0 Å². The van der Waals surface area contributed by atoms with Gasteiger partial charge in [-0.3, -0.25) is 4.79 Å². The minimum absolute atomic E-state index is 0.0478. The summed E-state index contributed by atoms with van der Waals surface area (Å²) in [5.74, 6) is -0.307. The zero-order valence-electron chi connectivity index (χ0n) is 10.0. The molecule has 90 valence electrons. The fourth-order valence-electron chi connectivity index (χ4n) is 1.84. The van der Waals surface area contributed by atoms with Crippen molar-refractivity contribution in [3.8, 4) is 17.2 Å². The fraction of sp³-hybridized carbons (Fsp3) is 0.143. The maximum atomic E-state index is 13.2. The van der Waals surface area contributed by atoms with Crippen molar-refractivity contribution in [3.63, 3.8) is 0 Å². The lowest BCUT2D eigenvalue weighted by Gasteiger charge is -2.06. The zero-order chi connectivity index (χ0) is 13.3. The van der Waals surface area contributed by atoms with E-state index in [9.17, 15) is 9.18 Å². The van der Waals surface area contributed by atoms with E-state index in [1.807, 2.05) is 6.07 Å². The van der Waals surface area contributed by atoms with Gasteiger partial charge in [-0.2, -0.15) is 5.26 Å². The summed E-state index contributed by atoms with van der Waals surface area (Å²) in [6.45, 7) is 3.38.